The number of aryl methyl sites for hydroxylation is 1. The van der Waals surface area contributed by atoms with Gasteiger partial charge in [0.2, 0.25) is 0 Å². The molecule has 0 atom stereocenters. The maximum absolute atomic E-state index is 11.2. The fourth-order valence-corrected chi connectivity index (χ4v) is 1.57. The van der Waals surface area contributed by atoms with E-state index in [2.05, 4.69) is 10.3 Å². The van der Waals surface area contributed by atoms with Gasteiger partial charge < -0.3 is 10.2 Å². The van der Waals surface area contributed by atoms with E-state index < -0.39 is 5.97 Å². The van der Waals surface area contributed by atoms with Crippen molar-refractivity contribution in [1.29, 1.82) is 0 Å². The van der Waals surface area contributed by atoms with Gasteiger partial charge in [-0.25, -0.2) is 9.48 Å². The summed E-state index contributed by atoms with van der Waals surface area (Å²) >= 11 is 0. The van der Waals surface area contributed by atoms with Crippen molar-refractivity contribution in [3.8, 4) is 11.4 Å². The smallest absolute Gasteiger partial charge is 0.356 e. The molecular formula is C11H11N3O3. The van der Waals surface area contributed by atoms with Crippen LogP contribution in [0.5, 0.6) is 5.75 Å². The van der Waals surface area contributed by atoms with E-state index in [4.69, 9.17) is 5.11 Å². The molecule has 0 saturated heterocycles. The Morgan fingerprint density at radius 1 is 1.47 bits per heavy atom. The molecule has 0 radical (unpaired) electrons. The largest absolute Gasteiger partial charge is 0.508 e. The van der Waals surface area contributed by atoms with Crippen molar-refractivity contribution in [3.05, 3.63) is 35.7 Å². The molecule has 6 nitrogen and oxygen atoms in total. The molecule has 0 aliphatic carbocycles. The SMILES string of the molecule is CCc1nnn(-c2cccc(O)c2)c1C(=O)O. The predicted octanol–water partition coefficient (Wildman–Crippen LogP) is 1.23. The van der Waals surface area contributed by atoms with Gasteiger partial charge in [0.1, 0.15) is 5.75 Å². The summed E-state index contributed by atoms with van der Waals surface area (Å²) < 4.78 is 1.21. The second-order valence-electron chi connectivity index (χ2n) is 3.48. The molecule has 88 valence electrons. The minimum absolute atomic E-state index is 0.0260. The van der Waals surface area contributed by atoms with E-state index in [-0.39, 0.29) is 11.4 Å². The van der Waals surface area contributed by atoms with E-state index in [0.717, 1.165) is 0 Å². The van der Waals surface area contributed by atoms with Crippen LogP contribution in [0.4, 0.5) is 0 Å². The maximum atomic E-state index is 11.2. The molecule has 1 aromatic carbocycles. The molecule has 0 unspecified atom stereocenters. The van der Waals surface area contributed by atoms with Gasteiger partial charge in [0.15, 0.2) is 5.69 Å². The predicted molar refractivity (Wildman–Crippen MR) is 59.4 cm³/mol. The lowest BCUT2D eigenvalue weighted by Crippen LogP contribution is -2.09. The van der Waals surface area contributed by atoms with Gasteiger partial charge in [-0.15, -0.1) is 5.10 Å². The number of rotatable bonds is 3. The molecule has 17 heavy (non-hydrogen) atoms. The fraction of sp³-hybridized carbons (Fsp3) is 0.182. The third kappa shape index (κ3) is 1.96. The van der Waals surface area contributed by atoms with Gasteiger partial charge >= 0.3 is 5.97 Å². The molecule has 0 spiro atoms. The maximum Gasteiger partial charge on any atom is 0.356 e. The summed E-state index contributed by atoms with van der Waals surface area (Å²) in [5.74, 6) is -1.04. The first-order valence-electron chi connectivity index (χ1n) is 5.10. The number of carbonyl (C=O) groups is 1. The quantitative estimate of drug-likeness (QED) is 0.832. The Morgan fingerprint density at radius 2 is 2.24 bits per heavy atom. The van der Waals surface area contributed by atoms with Gasteiger partial charge in [0, 0.05) is 6.07 Å². The second-order valence-corrected chi connectivity index (χ2v) is 3.48. The van der Waals surface area contributed by atoms with Crippen LogP contribution in [0.15, 0.2) is 24.3 Å². The molecule has 1 aromatic heterocycles. The molecule has 1 heterocycles. The van der Waals surface area contributed by atoms with Crippen LogP contribution in [-0.4, -0.2) is 31.2 Å². The highest BCUT2D eigenvalue weighted by Crippen LogP contribution is 2.17. The third-order valence-electron chi connectivity index (χ3n) is 2.35. The lowest BCUT2D eigenvalue weighted by atomic mass is 10.2. The summed E-state index contributed by atoms with van der Waals surface area (Å²) in [6.45, 7) is 1.81. The summed E-state index contributed by atoms with van der Waals surface area (Å²) in [5, 5.41) is 26.1. The molecule has 6 heteroatoms. The number of benzene rings is 1. The highest BCUT2D eigenvalue weighted by atomic mass is 16.4. The minimum Gasteiger partial charge on any atom is -0.508 e. The monoisotopic (exact) mass is 233 g/mol. The Hall–Kier alpha value is -2.37. The van der Waals surface area contributed by atoms with E-state index >= 15 is 0 Å². The number of aromatic carboxylic acids is 1. The number of phenols is 1. The molecule has 2 N–H and O–H groups in total. The highest BCUT2D eigenvalue weighted by molar-refractivity contribution is 5.87. The van der Waals surface area contributed by atoms with Gasteiger partial charge in [-0.05, 0) is 18.6 Å². The number of nitrogens with zero attached hydrogens (tertiary/aromatic N) is 3. The molecule has 2 rings (SSSR count). The summed E-state index contributed by atoms with van der Waals surface area (Å²) in [5.41, 5.74) is 0.911. The van der Waals surface area contributed by atoms with Crippen LogP contribution in [0.2, 0.25) is 0 Å². The molecule has 0 amide bonds. The van der Waals surface area contributed by atoms with E-state index in [0.29, 0.717) is 17.8 Å². The normalized spacial score (nSPS) is 10.4. The minimum atomic E-state index is -1.09. The summed E-state index contributed by atoms with van der Waals surface area (Å²) in [7, 11) is 0. The average Bonchev–Trinajstić information content (AvgIpc) is 2.72. The number of hydrogen-bond acceptors (Lipinski definition) is 4. The zero-order chi connectivity index (χ0) is 12.4. The van der Waals surface area contributed by atoms with Gasteiger partial charge in [-0.2, -0.15) is 0 Å². The van der Waals surface area contributed by atoms with Crippen LogP contribution in [0, 0.1) is 0 Å². The van der Waals surface area contributed by atoms with E-state index in [1.165, 1.54) is 16.8 Å². The summed E-state index contributed by atoms with van der Waals surface area (Å²) in [6, 6.07) is 6.20. The second kappa shape index (κ2) is 4.25. The Morgan fingerprint density at radius 3 is 2.82 bits per heavy atom. The topological polar surface area (TPSA) is 88.2 Å². The average molecular weight is 233 g/mol. The van der Waals surface area contributed by atoms with E-state index in [9.17, 15) is 9.90 Å². The van der Waals surface area contributed by atoms with E-state index in [1.807, 2.05) is 6.92 Å². The third-order valence-corrected chi connectivity index (χ3v) is 2.35. The van der Waals surface area contributed by atoms with Crippen LogP contribution in [0.25, 0.3) is 5.69 Å². The number of aromatic hydroxyl groups is 1. The zero-order valence-electron chi connectivity index (χ0n) is 9.16. The fourth-order valence-electron chi connectivity index (χ4n) is 1.57. The summed E-state index contributed by atoms with van der Waals surface area (Å²) in [6.07, 6.45) is 0.487. The highest BCUT2D eigenvalue weighted by Gasteiger charge is 2.19. The summed E-state index contributed by atoms with van der Waals surface area (Å²) in [4.78, 5) is 11.2. The molecule has 0 aliphatic rings. The Kier molecular flexibility index (Phi) is 2.78. The molecule has 2 aromatic rings. The van der Waals surface area contributed by atoms with Crippen molar-refractivity contribution >= 4 is 5.97 Å². The van der Waals surface area contributed by atoms with Crippen LogP contribution in [0.3, 0.4) is 0 Å². The molecule has 0 aliphatic heterocycles. The van der Waals surface area contributed by atoms with Gasteiger partial charge in [0.25, 0.3) is 0 Å². The number of hydrogen-bond donors (Lipinski definition) is 2. The van der Waals surface area contributed by atoms with Gasteiger partial charge in [-0.1, -0.05) is 18.2 Å². The van der Waals surface area contributed by atoms with Crippen molar-refractivity contribution in [2.45, 2.75) is 13.3 Å². The Balaban J connectivity index is 2.60. The lowest BCUT2D eigenvalue weighted by Gasteiger charge is -2.03. The van der Waals surface area contributed by atoms with Crippen molar-refractivity contribution < 1.29 is 15.0 Å². The molecule has 0 bridgehead atoms. The molecule has 0 fully saturated rings. The zero-order valence-corrected chi connectivity index (χ0v) is 9.16. The van der Waals surface area contributed by atoms with Crippen LogP contribution < -0.4 is 0 Å². The van der Waals surface area contributed by atoms with Crippen molar-refractivity contribution in [3.63, 3.8) is 0 Å². The van der Waals surface area contributed by atoms with Crippen LogP contribution in [-0.2, 0) is 6.42 Å². The number of carboxylic acids is 1. The first-order valence-corrected chi connectivity index (χ1v) is 5.10. The number of aromatic nitrogens is 3. The van der Waals surface area contributed by atoms with Crippen LogP contribution in [0.1, 0.15) is 23.1 Å². The van der Waals surface area contributed by atoms with Gasteiger partial charge in [-0.3, -0.25) is 0 Å². The first-order chi connectivity index (χ1) is 8.13. The van der Waals surface area contributed by atoms with Crippen molar-refractivity contribution in [2.24, 2.45) is 0 Å². The Bertz CT molecular complexity index is 563. The molecular weight excluding hydrogens is 222 g/mol. The standard InChI is InChI=1S/C11H11N3O3/c1-2-9-10(11(16)17)14(13-12-9)7-4-3-5-8(15)6-7/h3-6,15H,2H2,1H3,(H,16,17). The van der Waals surface area contributed by atoms with Crippen molar-refractivity contribution in [1.82, 2.24) is 15.0 Å². The molecule has 0 saturated carbocycles. The Labute approximate surface area is 97.1 Å². The number of phenolic OH excluding ortho intramolecular Hbond substituents is 1. The first kappa shape index (κ1) is 11.1. The van der Waals surface area contributed by atoms with Crippen LogP contribution >= 0.6 is 0 Å². The van der Waals surface area contributed by atoms with Crippen molar-refractivity contribution in [2.75, 3.05) is 0 Å². The lowest BCUT2D eigenvalue weighted by molar-refractivity contribution is 0.0685. The number of carboxylic acid groups (broad SMARTS) is 1. The van der Waals surface area contributed by atoms with E-state index in [1.54, 1.807) is 12.1 Å². The van der Waals surface area contributed by atoms with Gasteiger partial charge in [0.05, 0.1) is 11.4 Å².